The maximum atomic E-state index is 12.7. The van der Waals surface area contributed by atoms with E-state index < -0.39 is 0 Å². The molecule has 0 atom stereocenters. The number of hydrogen-bond donors (Lipinski definition) is 0. The Kier molecular flexibility index (Phi) is 7.66. The zero-order valence-corrected chi connectivity index (χ0v) is 18.7. The summed E-state index contributed by atoms with van der Waals surface area (Å²) in [7, 11) is 0. The summed E-state index contributed by atoms with van der Waals surface area (Å²) < 4.78 is 17.0. The lowest BCUT2D eigenvalue weighted by Gasteiger charge is -2.13. The minimum absolute atomic E-state index is 0.196. The summed E-state index contributed by atoms with van der Waals surface area (Å²) in [4.78, 5) is 26.6. The predicted molar refractivity (Wildman–Crippen MR) is 128 cm³/mol. The molecule has 6 nitrogen and oxygen atoms in total. The molecule has 1 aliphatic heterocycles. The van der Waals surface area contributed by atoms with E-state index in [4.69, 9.17) is 14.2 Å². The Morgan fingerprint density at radius 1 is 0.697 bits per heavy atom. The first-order valence-corrected chi connectivity index (χ1v) is 11.3. The minimum Gasteiger partial charge on any atom is -0.492 e. The van der Waals surface area contributed by atoms with E-state index in [2.05, 4.69) is 0 Å². The zero-order chi connectivity index (χ0) is 22.9. The highest BCUT2D eigenvalue weighted by Gasteiger charge is 2.34. The summed E-state index contributed by atoms with van der Waals surface area (Å²) >= 11 is 0.930. The molecule has 0 aliphatic carbocycles. The molecule has 7 heteroatoms. The Morgan fingerprint density at radius 2 is 1.27 bits per heavy atom. The summed E-state index contributed by atoms with van der Waals surface area (Å²) in [6.45, 7) is 1.24. The van der Waals surface area contributed by atoms with Gasteiger partial charge in [0.25, 0.3) is 11.1 Å². The molecule has 1 saturated heterocycles. The molecular formula is C26H23NO5S. The van der Waals surface area contributed by atoms with Gasteiger partial charge < -0.3 is 14.2 Å². The fourth-order valence-electron chi connectivity index (χ4n) is 3.15. The lowest BCUT2D eigenvalue weighted by Crippen LogP contribution is -2.32. The van der Waals surface area contributed by atoms with Gasteiger partial charge in [-0.1, -0.05) is 48.5 Å². The monoisotopic (exact) mass is 461 g/mol. The van der Waals surface area contributed by atoms with Gasteiger partial charge in [0, 0.05) is 0 Å². The van der Waals surface area contributed by atoms with Crippen LogP contribution in [0.15, 0.2) is 89.8 Å². The smallest absolute Gasteiger partial charge is 0.293 e. The number of hydrogen-bond acceptors (Lipinski definition) is 6. The summed E-state index contributed by atoms with van der Waals surface area (Å²) in [6.07, 6.45) is 1.70. The SMILES string of the molecule is O=C1S/C(=C\c2cccc(OCCOc3ccccc3)c2)C(=O)N1CCOc1ccccc1. The third-order valence-electron chi connectivity index (χ3n) is 4.72. The number of carbonyl (C=O) groups is 2. The number of rotatable bonds is 10. The van der Waals surface area contributed by atoms with E-state index in [1.165, 1.54) is 4.90 Å². The molecule has 1 aliphatic rings. The van der Waals surface area contributed by atoms with Crippen LogP contribution >= 0.6 is 11.8 Å². The topological polar surface area (TPSA) is 65.1 Å². The van der Waals surface area contributed by atoms with Crippen molar-refractivity contribution in [3.63, 3.8) is 0 Å². The number of imide groups is 1. The van der Waals surface area contributed by atoms with Crippen LogP contribution in [0, 0.1) is 0 Å². The fraction of sp³-hybridized carbons (Fsp3) is 0.154. The van der Waals surface area contributed by atoms with Crippen molar-refractivity contribution in [2.45, 2.75) is 0 Å². The lowest BCUT2D eigenvalue weighted by atomic mass is 10.2. The molecule has 33 heavy (non-hydrogen) atoms. The molecule has 3 aromatic carbocycles. The summed E-state index contributed by atoms with van der Waals surface area (Å²) in [5, 5.41) is -0.298. The van der Waals surface area contributed by atoms with E-state index in [1.54, 1.807) is 6.08 Å². The Labute approximate surface area is 196 Å². The van der Waals surface area contributed by atoms with Gasteiger partial charge in [0.1, 0.15) is 37.1 Å². The number of carbonyl (C=O) groups excluding carboxylic acids is 2. The first-order valence-electron chi connectivity index (χ1n) is 10.5. The predicted octanol–water partition coefficient (Wildman–Crippen LogP) is 5.26. The molecule has 4 rings (SSSR count). The molecule has 0 bridgehead atoms. The van der Waals surface area contributed by atoms with E-state index >= 15 is 0 Å². The average molecular weight is 462 g/mol. The van der Waals surface area contributed by atoms with E-state index in [1.807, 2.05) is 84.9 Å². The second-order valence-electron chi connectivity index (χ2n) is 7.08. The molecule has 2 amide bonds. The van der Waals surface area contributed by atoms with Crippen molar-refractivity contribution in [2.24, 2.45) is 0 Å². The van der Waals surface area contributed by atoms with Crippen LogP contribution in [0.5, 0.6) is 17.2 Å². The van der Waals surface area contributed by atoms with Crippen LogP contribution in [-0.2, 0) is 4.79 Å². The maximum absolute atomic E-state index is 12.7. The molecule has 3 aromatic rings. The Hall–Kier alpha value is -3.71. The molecule has 0 radical (unpaired) electrons. The number of benzene rings is 3. The van der Waals surface area contributed by atoms with Crippen molar-refractivity contribution in [3.8, 4) is 17.2 Å². The zero-order valence-electron chi connectivity index (χ0n) is 17.9. The first-order chi connectivity index (χ1) is 16.2. The molecule has 0 saturated carbocycles. The van der Waals surface area contributed by atoms with E-state index in [-0.39, 0.29) is 24.3 Å². The third kappa shape index (κ3) is 6.40. The van der Waals surface area contributed by atoms with Crippen molar-refractivity contribution in [1.82, 2.24) is 4.90 Å². The number of amides is 2. The fourth-order valence-corrected chi connectivity index (χ4v) is 4.01. The van der Waals surface area contributed by atoms with Crippen LogP contribution in [0.25, 0.3) is 6.08 Å². The highest BCUT2D eigenvalue weighted by atomic mass is 32.2. The summed E-state index contributed by atoms with van der Waals surface area (Å²) in [5.74, 6) is 1.84. The van der Waals surface area contributed by atoms with Crippen molar-refractivity contribution in [3.05, 3.63) is 95.4 Å². The minimum atomic E-state index is -0.316. The largest absolute Gasteiger partial charge is 0.492 e. The normalized spacial score (nSPS) is 14.5. The van der Waals surface area contributed by atoms with Crippen LogP contribution < -0.4 is 14.2 Å². The third-order valence-corrected chi connectivity index (χ3v) is 5.63. The van der Waals surface area contributed by atoms with Crippen LogP contribution in [-0.4, -0.2) is 42.4 Å². The van der Waals surface area contributed by atoms with Gasteiger partial charge in [-0.15, -0.1) is 0 Å². The van der Waals surface area contributed by atoms with Crippen LogP contribution in [0.4, 0.5) is 4.79 Å². The first kappa shape index (κ1) is 22.5. The van der Waals surface area contributed by atoms with Crippen LogP contribution in [0.2, 0.25) is 0 Å². The molecule has 1 heterocycles. The number of para-hydroxylation sites is 2. The Balaban J connectivity index is 1.29. The van der Waals surface area contributed by atoms with E-state index in [0.29, 0.717) is 29.6 Å². The number of nitrogens with zero attached hydrogens (tertiary/aromatic N) is 1. The number of thioether (sulfide) groups is 1. The van der Waals surface area contributed by atoms with Crippen molar-refractivity contribution < 1.29 is 23.8 Å². The molecule has 0 aromatic heterocycles. The van der Waals surface area contributed by atoms with Gasteiger partial charge in [-0.25, -0.2) is 0 Å². The molecule has 1 fully saturated rings. The van der Waals surface area contributed by atoms with E-state index in [0.717, 1.165) is 23.1 Å². The quantitative estimate of drug-likeness (QED) is 0.303. The molecule has 0 N–H and O–H groups in total. The van der Waals surface area contributed by atoms with Gasteiger partial charge in [-0.3, -0.25) is 14.5 Å². The van der Waals surface area contributed by atoms with Crippen molar-refractivity contribution >= 4 is 29.0 Å². The number of ether oxygens (including phenoxy) is 3. The van der Waals surface area contributed by atoms with Crippen molar-refractivity contribution in [1.29, 1.82) is 0 Å². The highest BCUT2D eigenvalue weighted by molar-refractivity contribution is 8.18. The lowest BCUT2D eigenvalue weighted by molar-refractivity contribution is -0.123. The standard InChI is InChI=1S/C26H23NO5S/c28-25-24(33-26(29)27(25)14-15-30-21-9-3-1-4-10-21)19-20-8-7-13-23(18-20)32-17-16-31-22-11-5-2-6-12-22/h1-13,18-19H,14-17H2/b24-19-. The molecular weight excluding hydrogens is 438 g/mol. The second-order valence-corrected chi connectivity index (χ2v) is 8.07. The van der Waals surface area contributed by atoms with Crippen LogP contribution in [0.1, 0.15) is 5.56 Å². The maximum Gasteiger partial charge on any atom is 0.293 e. The Morgan fingerprint density at radius 3 is 1.94 bits per heavy atom. The van der Waals surface area contributed by atoms with Crippen molar-refractivity contribution in [2.75, 3.05) is 26.4 Å². The van der Waals surface area contributed by atoms with Gasteiger partial charge in [0.05, 0.1) is 11.4 Å². The highest BCUT2D eigenvalue weighted by Crippen LogP contribution is 2.32. The molecule has 0 unspecified atom stereocenters. The van der Waals surface area contributed by atoms with Gasteiger partial charge in [-0.2, -0.15) is 0 Å². The summed E-state index contributed by atoms with van der Waals surface area (Å²) in [6, 6.07) is 26.2. The molecule has 168 valence electrons. The van der Waals surface area contributed by atoms with Gasteiger partial charge >= 0.3 is 0 Å². The average Bonchev–Trinajstić information content (AvgIpc) is 3.11. The van der Waals surface area contributed by atoms with Gasteiger partial charge in [-0.05, 0) is 59.8 Å². The Bertz CT molecular complexity index is 1120. The van der Waals surface area contributed by atoms with E-state index in [9.17, 15) is 9.59 Å². The summed E-state index contributed by atoms with van der Waals surface area (Å²) in [5.41, 5.74) is 0.780. The van der Waals surface area contributed by atoms with Crippen LogP contribution in [0.3, 0.4) is 0 Å². The second kappa shape index (κ2) is 11.2. The van der Waals surface area contributed by atoms with Gasteiger partial charge in [0.2, 0.25) is 0 Å². The van der Waals surface area contributed by atoms with Gasteiger partial charge in [0.15, 0.2) is 0 Å². The molecule has 0 spiro atoms.